The maximum Gasteiger partial charge on any atom is 0.125 e. The van der Waals surface area contributed by atoms with Crippen molar-refractivity contribution in [2.24, 2.45) is 23.7 Å². The highest BCUT2D eigenvalue weighted by Crippen LogP contribution is 2.25. The molecule has 174 valence electrons. The molecule has 0 fully saturated rings. The fourth-order valence-corrected chi connectivity index (χ4v) is 4.21. The molecule has 2 nitrogen and oxygen atoms in total. The second-order valence-corrected chi connectivity index (χ2v) is 10.3. The summed E-state index contributed by atoms with van der Waals surface area (Å²) < 4.78 is 11.3. The van der Waals surface area contributed by atoms with Crippen LogP contribution in [0.25, 0.3) is 0 Å². The summed E-state index contributed by atoms with van der Waals surface area (Å²) >= 11 is 0. The topological polar surface area (TPSA) is 18.5 Å². The van der Waals surface area contributed by atoms with E-state index < -0.39 is 0 Å². The number of benzene rings is 1. The smallest absolute Gasteiger partial charge is 0.125 e. The molecule has 2 heteroatoms. The zero-order chi connectivity index (χ0) is 22.4. The van der Waals surface area contributed by atoms with Gasteiger partial charge in [0.15, 0.2) is 0 Å². The molecule has 0 saturated carbocycles. The summed E-state index contributed by atoms with van der Waals surface area (Å²) in [6, 6.07) is 6.09. The van der Waals surface area contributed by atoms with E-state index in [-0.39, 0.29) is 0 Å². The van der Waals surface area contributed by atoms with Gasteiger partial charge >= 0.3 is 0 Å². The number of rotatable bonds is 17. The third kappa shape index (κ3) is 12.5. The summed E-state index contributed by atoms with van der Waals surface area (Å²) in [5, 5.41) is 0. The second kappa shape index (κ2) is 15.6. The Kier molecular flexibility index (Phi) is 14.0. The van der Waals surface area contributed by atoms with Crippen LogP contribution in [-0.4, -0.2) is 13.7 Å². The fourth-order valence-electron chi connectivity index (χ4n) is 4.21. The fraction of sp³-hybridized carbons (Fsp3) is 0.786. The van der Waals surface area contributed by atoms with Crippen molar-refractivity contribution < 1.29 is 9.47 Å². The van der Waals surface area contributed by atoms with Crippen molar-refractivity contribution in [3.63, 3.8) is 0 Å². The van der Waals surface area contributed by atoms with Crippen molar-refractivity contribution >= 4 is 0 Å². The van der Waals surface area contributed by atoms with Gasteiger partial charge in [0.25, 0.3) is 0 Å². The second-order valence-electron chi connectivity index (χ2n) is 10.3. The van der Waals surface area contributed by atoms with E-state index in [1.165, 1.54) is 57.8 Å². The molecule has 0 amide bonds. The lowest BCUT2D eigenvalue weighted by atomic mass is 9.91. The van der Waals surface area contributed by atoms with Gasteiger partial charge in [0.1, 0.15) is 11.5 Å². The first-order chi connectivity index (χ1) is 14.3. The van der Waals surface area contributed by atoms with Crippen LogP contribution in [0.15, 0.2) is 18.2 Å². The number of aryl methyl sites for hydroxylation is 1. The lowest BCUT2D eigenvalue weighted by Gasteiger charge is -2.16. The van der Waals surface area contributed by atoms with E-state index in [1.54, 1.807) is 7.11 Å². The largest absolute Gasteiger partial charge is 0.496 e. The van der Waals surface area contributed by atoms with Gasteiger partial charge < -0.3 is 9.47 Å². The Hall–Kier alpha value is -1.18. The number of ether oxygens (including phenoxy) is 2. The Morgan fingerprint density at radius 1 is 0.700 bits per heavy atom. The molecular formula is C28H50O2. The molecule has 0 aliphatic rings. The van der Waals surface area contributed by atoms with E-state index >= 15 is 0 Å². The Labute approximate surface area is 188 Å². The molecule has 0 saturated heterocycles. The van der Waals surface area contributed by atoms with Gasteiger partial charge in [-0.05, 0) is 48.6 Å². The van der Waals surface area contributed by atoms with E-state index in [9.17, 15) is 0 Å². The predicted molar refractivity (Wildman–Crippen MR) is 132 cm³/mol. The van der Waals surface area contributed by atoms with Crippen molar-refractivity contribution in [3.05, 3.63) is 23.8 Å². The highest BCUT2D eigenvalue weighted by atomic mass is 16.5. The van der Waals surface area contributed by atoms with Crippen LogP contribution < -0.4 is 9.47 Å². The SMILES string of the molecule is COc1cc(OCCC(C)CCC[C@H](C)CCC[C@H](C)CCCC(C)C)ccc1C. The molecule has 0 heterocycles. The van der Waals surface area contributed by atoms with Gasteiger partial charge in [-0.15, -0.1) is 0 Å². The van der Waals surface area contributed by atoms with E-state index in [0.29, 0.717) is 0 Å². The first-order valence-corrected chi connectivity index (χ1v) is 12.6. The highest BCUT2D eigenvalue weighted by Gasteiger charge is 2.09. The molecule has 0 N–H and O–H groups in total. The van der Waals surface area contributed by atoms with Crippen LogP contribution in [0.5, 0.6) is 11.5 Å². The summed E-state index contributed by atoms with van der Waals surface area (Å²) in [5.74, 6) is 5.18. The Morgan fingerprint density at radius 3 is 1.70 bits per heavy atom. The van der Waals surface area contributed by atoms with Crippen LogP contribution in [0.4, 0.5) is 0 Å². The molecule has 1 unspecified atom stereocenters. The van der Waals surface area contributed by atoms with Crippen molar-refractivity contribution in [3.8, 4) is 11.5 Å². The molecule has 1 aromatic rings. The predicted octanol–water partition coefficient (Wildman–Crippen LogP) is 8.85. The van der Waals surface area contributed by atoms with Crippen LogP contribution in [-0.2, 0) is 0 Å². The molecule has 1 aromatic carbocycles. The first-order valence-electron chi connectivity index (χ1n) is 12.6. The maximum atomic E-state index is 5.94. The molecule has 1 rings (SSSR count). The molecular weight excluding hydrogens is 368 g/mol. The number of hydrogen-bond donors (Lipinski definition) is 0. The zero-order valence-electron chi connectivity index (χ0n) is 21.1. The zero-order valence-corrected chi connectivity index (χ0v) is 21.1. The minimum atomic E-state index is 0.727. The number of methoxy groups -OCH3 is 1. The standard InChI is InChI=1S/C28H50O2/c1-22(2)11-8-12-23(3)13-9-14-24(4)15-10-16-25(5)19-20-30-27-18-17-26(6)28(21-27)29-7/h17-18,21-25H,8-16,19-20H2,1-7H3/t23-,24-,25?/m1/s1. The van der Waals surface area contributed by atoms with Gasteiger partial charge in [0.05, 0.1) is 13.7 Å². The van der Waals surface area contributed by atoms with Crippen LogP contribution in [0.1, 0.15) is 104 Å². The normalized spacial score (nSPS) is 14.5. The van der Waals surface area contributed by atoms with Gasteiger partial charge in [-0.2, -0.15) is 0 Å². The highest BCUT2D eigenvalue weighted by molar-refractivity contribution is 5.39. The molecule has 0 spiro atoms. The Balaban J connectivity index is 2.07. The van der Waals surface area contributed by atoms with Gasteiger partial charge in [-0.3, -0.25) is 0 Å². The first kappa shape index (κ1) is 26.9. The van der Waals surface area contributed by atoms with Gasteiger partial charge in [-0.25, -0.2) is 0 Å². The van der Waals surface area contributed by atoms with Gasteiger partial charge in [0.2, 0.25) is 0 Å². The maximum absolute atomic E-state index is 5.94. The van der Waals surface area contributed by atoms with Gasteiger partial charge in [-0.1, -0.05) is 98.5 Å². The van der Waals surface area contributed by atoms with Crippen LogP contribution in [0.2, 0.25) is 0 Å². The van der Waals surface area contributed by atoms with E-state index in [4.69, 9.17) is 9.47 Å². The summed E-state index contributed by atoms with van der Waals surface area (Å²) in [6.07, 6.45) is 13.6. The van der Waals surface area contributed by atoms with Crippen molar-refractivity contribution in [1.29, 1.82) is 0 Å². The van der Waals surface area contributed by atoms with E-state index in [2.05, 4.69) is 47.6 Å². The van der Waals surface area contributed by atoms with Crippen molar-refractivity contribution in [2.45, 2.75) is 106 Å². The summed E-state index contributed by atoms with van der Waals surface area (Å²) in [5.41, 5.74) is 1.15. The molecule has 0 aromatic heterocycles. The van der Waals surface area contributed by atoms with Crippen molar-refractivity contribution in [2.75, 3.05) is 13.7 Å². The van der Waals surface area contributed by atoms with Gasteiger partial charge in [0, 0.05) is 6.07 Å². The molecule has 0 aliphatic heterocycles. The summed E-state index contributed by atoms with van der Waals surface area (Å²) in [7, 11) is 1.71. The average molecular weight is 419 g/mol. The quantitative estimate of drug-likeness (QED) is 0.251. The molecule has 30 heavy (non-hydrogen) atoms. The lowest BCUT2D eigenvalue weighted by Crippen LogP contribution is -2.05. The third-order valence-electron chi connectivity index (χ3n) is 6.52. The minimum absolute atomic E-state index is 0.727. The van der Waals surface area contributed by atoms with Crippen LogP contribution >= 0.6 is 0 Å². The third-order valence-corrected chi connectivity index (χ3v) is 6.52. The summed E-state index contributed by atoms with van der Waals surface area (Å²) in [4.78, 5) is 0. The molecule has 0 bridgehead atoms. The molecule has 0 radical (unpaired) electrons. The van der Waals surface area contributed by atoms with Crippen LogP contribution in [0.3, 0.4) is 0 Å². The van der Waals surface area contributed by atoms with E-state index in [1.807, 2.05) is 12.1 Å². The van der Waals surface area contributed by atoms with Crippen molar-refractivity contribution in [1.82, 2.24) is 0 Å². The average Bonchev–Trinajstić information content (AvgIpc) is 2.69. The monoisotopic (exact) mass is 418 g/mol. The molecule has 3 atom stereocenters. The molecule has 0 aliphatic carbocycles. The number of hydrogen-bond acceptors (Lipinski definition) is 2. The Morgan fingerprint density at radius 2 is 1.20 bits per heavy atom. The minimum Gasteiger partial charge on any atom is -0.496 e. The summed E-state index contributed by atoms with van der Waals surface area (Å²) in [6.45, 7) is 14.8. The Bertz CT molecular complexity index is 552. The lowest BCUT2D eigenvalue weighted by molar-refractivity contribution is 0.273. The van der Waals surface area contributed by atoms with E-state index in [0.717, 1.165) is 53.8 Å². The van der Waals surface area contributed by atoms with Crippen LogP contribution in [0, 0.1) is 30.6 Å².